The fraction of sp³-hybridized carbons (Fsp3) is 0.267. The third-order valence-electron chi connectivity index (χ3n) is 6.26. The number of carbonyl (C=O) groups excluding carboxylic acids is 3. The predicted molar refractivity (Wildman–Crippen MR) is 156 cm³/mol. The Bertz CT molecular complexity index is 1260. The van der Waals surface area contributed by atoms with E-state index in [0.29, 0.717) is 0 Å². The number of nitrogens with two attached hydrogens (primary N) is 1. The molecule has 6 N–H and O–H groups in total. The number of nitrogens with one attached hydrogen (secondary N) is 3. The van der Waals surface area contributed by atoms with Crippen LogP contribution in [0.25, 0.3) is 0 Å². The molecule has 0 spiro atoms. The van der Waals surface area contributed by atoms with E-state index < -0.39 is 47.9 Å². The topological polar surface area (TPSA) is 151 Å². The van der Waals surface area contributed by atoms with Crippen LogP contribution in [-0.2, 0) is 38.4 Å². The van der Waals surface area contributed by atoms with Gasteiger partial charge < -0.3 is 26.8 Å². The molecule has 3 amide bonds. The fourth-order valence-electron chi connectivity index (χ4n) is 4.09. The number of rotatable bonds is 14. The molecule has 0 aliphatic heterocycles. The molecule has 3 aromatic carbocycles. The Morgan fingerprint density at radius 3 is 1.43 bits per heavy atom. The molecule has 4 unspecified atom stereocenters. The number of aliphatic carboxylic acids is 1. The first-order chi connectivity index (χ1) is 19.3. The average Bonchev–Trinajstić information content (AvgIpc) is 2.96. The van der Waals surface area contributed by atoms with Crippen LogP contribution in [0.5, 0.6) is 0 Å². The van der Waals surface area contributed by atoms with Crippen molar-refractivity contribution in [3.63, 3.8) is 0 Å². The summed E-state index contributed by atoms with van der Waals surface area (Å²) < 4.78 is 0. The van der Waals surface area contributed by atoms with Crippen LogP contribution in [-0.4, -0.2) is 58.7 Å². The maximum atomic E-state index is 13.3. The number of thiol groups is 1. The molecule has 0 radical (unpaired) electrons. The SMILES string of the molecule is NC(Cc1ccccc1)C(=O)NC(CS)C(=O)NC(Cc1ccccc1)C(=O)NC(Cc1ccccc1)C(=O)O. The van der Waals surface area contributed by atoms with Crippen LogP contribution in [0.4, 0.5) is 0 Å². The van der Waals surface area contributed by atoms with Gasteiger partial charge in [0.2, 0.25) is 17.7 Å². The zero-order chi connectivity index (χ0) is 28.9. The second-order valence-electron chi connectivity index (χ2n) is 9.38. The monoisotopic (exact) mass is 562 g/mol. The molecule has 0 aliphatic carbocycles. The van der Waals surface area contributed by atoms with Crippen molar-refractivity contribution in [2.24, 2.45) is 5.73 Å². The highest BCUT2D eigenvalue weighted by Gasteiger charge is 2.30. The van der Waals surface area contributed by atoms with Gasteiger partial charge in [-0.25, -0.2) is 4.79 Å². The quantitative estimate of drug-likeness (QED) is 0.164. The molecular weight excluding hydrogens is 528 g/mol. The molecule has 0 aliphatic rings. The summed E-state index contributed by atoms with van der Waals surface area (Å²) in [6.45, 7) is 0. The fourth-order valence-corrected chi connectivity index (χ4v) is 4.34. The zero-order valence-corrected chi connectivity index (χ0v) is 22.8. The molecule has 9 nitrogen and oxygen atoms in total. The maximum Gasteiger partial charge on any atom is 0.326 e. The van der Waals surface area contributed by atoms with E-state index in [0.717, 1.165) is 16.7 Å². The number of hydrogen-bond donors (Lipinski definition) is 6. The van der Waals surface area contributed by atoms with Gasteiger partial charge in [-0.05, 0) is 23.1 Å². The summed E-state index contributed by atoms with van der Waals surface area (Å²) in [5.41, 5.74) is 8.44. The molecular formula is C30H34N4O5S. The van der Waals surface area contributed by atoms with Crippen molar-refractivity contribution in [2.45, 2.75) is 43.4 Å². The number of carbonyl (C=O) groups is 4. The zero-order valence-electron chi connectivity index (χ0n) is 21.9. The normalized spacial score (nSPS) is 13.8. The Labute approximate surface area is 239 Å². The number of carboxylic acid groups (broad SMARTS) is 1. The molecule has 0 fully saturated rings. The van der Waals surface area contributed by atoms with E-state index in [1.54, 1.807) is 48.5 Å². The third kappa shape index (κ3) is 9.55. The standard InChI is InChI=1S/C30H34N4O5S/c31-23(16-20-10-4-1-5-11-20)27(35)34-26(19-40)29(37)32-24(17-21-12-6-2-7-13-21)28(36)33-25(30(38)39)18-22-14-8-3-9-15-22/h1-15,23-26,40H,16-19,31H2,(H,32,37)(H,33,36)(H,34,35)(H,38,39). The highest BCUT2D eigenvalue weighted by atomic mass is 32.1. The van der Waals surface area contributed by atoms with Crippen molar-refractivity contribution >= 4 is 36.3 Å². The Morgan fingerprint density at radius 2 is 0.975 bits per heavy atom. The number of hydrogen-bond acceptors (Lipinski definition) is 6. The van der Waals surface area contributed by atoms with Crippen molar-refractivity contribution in [1.29, 1.82) is 0 Å². The summed E-state index contributed by atoms with van der Waals surface area (Å²) in [6.07, 6.45) is 0.462. The van der Waals surface area contributed by atoms with E-state index in [9.17, 15) is 24.3 Å². The van der Waals surface area contributed by atoms with Crippen LogP contribution >= 0.6 is 12.6 Å². The van der Waals surface area contributed by atoms with Gasteiger partial charge in [-0.15, -0.1) is 0 Å². The molecule has 3 rings (SSSR count). The minimum atomic E-state index is -1.21. The summed E-state index contributed by atoms with van der Waals surface area (Å²) in [5.74, 6) is -3.07. The van der Waals surface area contributed by atoms with E-state index in [1.807, 2.05) is 42.5 Å². The van der Waals surface area contributed by atoms with Crippen LogP contribution in [0.2, 0.25) is 0 Å². The van der Waals surface area contributed by atoms with Crippen molar-refractivity contribution in [1.82, 2.24) is 16.0 Å². The Kier molecular flexibility index (Phi) is 11.7. The second kappa shape index (κ2) is 15.4. The van der Waals surface area contributed by atoms with E-state index in [2.05, 4.69) is 28.6 Å². The molecule has 3 aromatic rings. The Morgan fingerprint density at radius 1 is 0.600 bits per heavy atom. The van der Waals surface area contributed by atoms with Gasteiger partial charge in [0.25, 0.3) is 0 Å². The van der Waals surface area contributed by atoms with E-state index >= 15 is 0 Å². The number of amides is 3. The van der Waals surface area contributed by atoms with Crippen molar-refractivity contribution in [3.05, 3.63) is 108 Å². The lowest BCUT2D eigenvalue weighted by molar-refractivity contribution is -0.142. The molecule has 0 bridgehead atoms. The predicted octanol–water partition coefficient (Wildman–Crippen LogP) is 1.51. The molecule has 0 saturated heterocycles. The molecule has 210 valence electrons. The highest BCUT2D eigenvalue weighted by Crippen LogP contribution is 2.08. The van der Waals surface area contributed by atoms with Gasteiger partial charge >= 0.3 is 5.97 Å². The van der Waals surface area contributed by atoms with Crippen LogP contribution in [0.15, 0.2) is 91.0 Å². The van der Waals surface area contributed by atoms with Gasteiger partial charge in [-0.2, -0.15) is 12.6 Å². The van der Waals surface area contributed by atoms with Crippen molar-refractivity contribution in [3.8, 4) is 0 Å². The minimum Gasteiger partial charge on any atom is -0.480 e. The van der Waals surface area contributed by atoms with E-state index in [4.69, 9.17) is 5.73 Å². The number of carboxylic acids is 1. The van der Waals surface area contributed by atoms with Gasteiger partial charge in [0.1, 0.15) is 18.1 Å². The summed E-state index contributed by atoms with van der Waals surface area (Å²) in [4.78, 5) is 51.2. The van der Waals surface area contributed by atoms with E-state index in [1.165, 1.54) is 0 Å². The van der Waals surface area contributed by atoms with Gasteiger partial charge in [0.05, 0.1) is 6.04 Å². The van der Waals surface area contributed by atoms with Gasteiger partial charge in [0.15, 0.2) is 0 Å². The van der Waals surface area contributed by atoms with Gasteiger partial charge in [-0.1, -0.05) is 91.0 Å². The first-order valence-corrected chi connectivity index (χ1v) is 13.5. The number of benzene rings is 3. The third-order valence-corrected chi connectivity index (χ3v) is 6.63. The first-order valence-electron chi connectivity index (χ1n) is 12.9. The second-order valence-corrected chi connectivity index (χ2v) is 9.75. The van der Waals surface area contributed by atoms with Crippen LogP contribution < -0.4 is 21.7 Å². The van der Waals surface area contributed by atoms with Crippen LogP contribution in [0, 0.1) is 0 Å². The Hall–Kier alpha value is -4.15. The summed E-state index contributed by atoms with van der Waals surface area (Å²) in [7, 11) is 0. The lowest BCUT2D eigenvalue weighted by atomic mass is 10.0. The van der Waals surface area contributed by atoms with Gasteiger partial charge in [0, 0.05) is 18.6 Å². The average molecular weight is 563 g/mol. The van der Waals surface area contributed by atoms with Crippen molar-refractivity contribution < 1.29 is 24.3 Å². The molecule has 0 aromatic heterocycles. The minimum absolute atomic E-state index is 0.0406. The smallest absolute Gasteiger partial charge is 0.326 e. The summed E-state index contributed by atoms with van der Waals surface area (Å²) >= 11 is 4.21. The molecule has 0 saturated carbocycles. The largest absolute Gasteiger partial charge is 0.480 e. The maximum absolute atomic E-state index is 13.3. The molecule has 0 heterocycles. The summed E-state index contributed by atoms with van der Waals surface area (Å²) in [5, 5.41) is 17.6. The van der Waals surface area contributed by atoms with Gasteiger partial charge in [-0.3, -0.25) is 14.4 Å². The Balaban J connectivity index is 1.70. The van der Waals surface area contributed by atoms with E-state index in [-0.39, 0.29) is 25.0 Å². The molecule has 40 heavy (non-hydrogen) atoms. The lowest BCUT2D eigenvalue weighted by Crippen LogP contribution is -2.58. The lowest BCUT2D eigenvalue weighted by Gasteiger charge is -2.25. The molecule has 4 atom stereocenters. The van der Waals surface area contributed by atoms with Crippen molar-refractivity contribution in [2.75, 3.05) is 5.75 Å². The molecule has 10 heteroatoms. The highest BCUT2D eigenvalue weighted by molar-refractivity contribution is 7.80. The van der Waals surface area contributed by atoms with Crippen LogP contribution in [0.3, 0.4) is 0 Å². The first kappa shape index (κ1) is 30.4. The summed E-state index contributed by atoms with van der Waals surface area (Å²) in [6, 6.07) is 22.9. The van der Waals surface area contributed by atoms with Crippen LogP contribution in [0.1, 0.15) is 16.7 Å².